The number of amides is 1. The minimum absolute atomic E-state index is 0.0354. The predicted molar refractivity (Wildman–Crippen MR) is 99.5 cm³/mol. The molecule has 2 aliphatic rings. The van der Waals surface area contributed by atoms with Crippen LogP contribution in [0.2, 0.25) is 0 Å². The van der Waals surface area contributed by atoms with Gasteiger partial charge in [0, 0.05) is 19.5 Å². The summed E-state index contributed by atoms with van der Waals surface area (Å²) in [5.74, 6) is -2.05. The van der Waals surface area contributed by atoms with Crippen molar-refractivity contribution in [2.24, 2.45) is 5.92 Å². The van der Waals surface area contributed by atoms with E-state index < -0.39 is 36.2 Å². The maximum absolute atomic E-state index is 13.5. The molecule has 0 unspecified atom stereocenters. The second-order valence-corrected chi connectivity index (χ2v) is 7.94. The highest BCUT2D eigenvalue weighted by Crippen LogP contribution is 2.39. The molecule has 9 heteroatoms. The van der Waals surface area contributed by atoms with Crippen molar-refractivity contribution in [1.82, 2.24) is 19.2 Å². The number of nitrogens with zero attached hydrogens (tertiary/aromatic N) is 4. The molecule has 0 N–H and O–H groups in total. The van der Waals surface area contributed by atoms with E-state index in [0.717, 1.165) is 24.0 Å². The van der Waals surface area contributed by atoms with Gasteiger partial charge in [-0.3, -0.25) is 9.36 Å². The number of hydrogen-bond donors (Lipinski definition) is 0. The molecule has 0 aliphatic carbocycles. The van der Waals surface area contributed by atoms with Gasteiger partial charge in [0.15, 0.2) is 0 Å². The summed E-state index contributed by atoms with van der Waals surface area (Å²) >= 11 is 0. The number of aromatic nitrogens is 3. The monoisotopic (exact) mass is 408 g/mol. The molecule has 2 atom stereocenters. The van der Waals surface area contributed by atoms with E-state index in [9.17, 15) is 22.8 Å². The Morgan fingerprint density at radius 1 is 1.17 bits per heavy atom. The van der Waals surface area contributed by atoms with E-state index in [1.165, 1.54) is 9.25 Å². The smallest absolute Gasteiger partial charge is 0.341 e. The van der Waals surface area contributed by atoms with Crippen molar-refractivity contribution in [3.63, 3.8) is 0 Å². The number of alkyl halides is 3. The fourth-order valence-electron chi connectivity index (χ4n) is 4.17. The molecule has 0 saturated carbocycles. The summed E-state index contributed by atoms with van der Waals surface area (Å²) in [6.07, 6.45) is -3.58. The summed E-state index contributed by atoms with van der Waals surface area (Å²) in [5, 5.41) is 4.19. The van der Waals surface area contributed by atoms with Crippen LogP contribution >= 0.6 is 0 Å². The zero-order chi connectivity index (χ0) is 20.8. The summed E-state index contributed by atoms with van der Waals surface area (Å²) in [6.45, 7) is 3.14. The van der Waals surface area contributed by atoms with Crippen LogP contribution in [0.1, 0.15) is 42.3 Å². The highest BCUT2D eigenvalue weighted by Gasteiger charge is 2.48. The van der Waals surface area contributed by atoms with Crippen molar-refractivity contribution in [3.05, 3.63) is 51.7 Å². The van der Waals surface area contributed by atoms with Crippen LogP contribution in [0, 0.1) is 12.8 Å². The third-order valence-electron chi connectivity index (χ3n) is 5.81. The Labute approximate surface area is 165 Å². The predicted octanol–water partition coefficient (Wildman–Crippen LogP) is 2.69. The van der Waals surface area contributed by atoms with Gasteiger partial charge in [-0.05, 0) is 31.7 Å². The van der Waals surface area contributed by atoms with Crippen LogP contribution in [0.4, 0.5) is 13.2 Å². The maximum atomic E-state index is 13.5. The van der Waals surface area contributed by atoms with Gasteiger partial charge in [0.25, 0.3) is 0 Å². The molecule has 0 spiro atoms. The maximum Gasteiger partial charge on any atom is 0.392 e. The van der Waals surface area contributed by atoms with Gasteiger partial charge >= 0.3 is 11.9 Å². The molecule has 4 rings (SSSR count). The molecule has 0 bridgehead atoms. The molecular formula is C20H23F3N4O2. The molecule has 1 aromatic heterocycles. The quantitative estimate of drug-likeness (QED) is 0.785. The number of rotatable bonds is 3. The molecule has 0 radical (unpaired) electrons. The lowest BCUT2D eigenvalue weighted by atomic mass is 9.91. The van der Waals surface area contributed by atoms with E-state index in [-0.39, 0.29) is 18.8 Å². The minimum atomic E-state index is -4.44. The van der Waals surface area contributed by atoms with Crippen LogP contribution in [0.25, 0.3) is 0 Å². The second-order valence-electron chi connectivity index (χ2n) is 7.94. The van der Waals surface area contributed by atoms with Crippen LogP contribution in [0.3, 0.4) is 0 Å². The van der Waals surface area contributed by atoms with Gasteiger partial charge in [-0.1, -0.05) is 29.8 Å². The molecule has 2 aliphatic heterocycles. The van der Waals surface area contributed by atoms with Crippen molar-refractivity contribution in [3.8, 4) is 0 Å². The van der Waals surface area contributed by atoms with Crippen molar-refractivity contribution in [2.75, 3.05) is 13.1 Å². The first-order valence-corrected chi connectivity index (χ1v) is 9.83. The number of halogens is 3. The molecule has 1 aromatic carbocycles. The Hall–Kier alpha value is -2.58. The van der Waals surface area contributed by atoms with Gasteiger partial charge in [-0.2, -0.15) is 18.3 Å². The van der Waals surface area contributed by atoms with E-state index in [0.29, 0.717) is 13.1 Å². The fourth-order valence-corrected chi connectivity index (χ4v) is 4.17. The van der Waals surface area contributed by atoms with Crippen LogP contribution < -0.4 is 5.69 Å². The lowest BCUT2D eigenvalue weighted by Gasteiger charge is -2.32. The van der Waals surface area contributed by atoms with Gasteiger partial charge < -0.3 is 4.90 Å². The summed E-state index contributed by atoms with van der Waals surface area (Å²) in [4.78, 5) is 27.5. The molecule has 1 saturated heterocycles. The number of hydrogen-bond acceptors (Lipinski definition) is 3. The zero-order valence-electron chi connectivity index (χ0n) is 16.2. The van der Waals surface area contributed by atoms with E-state index >= 15 is 0 Å². The molecule has 156 valence electrons. The Morgan fingerprint density at radius 3 is 2.45 bits per heavy atom. The first kappa shape index (κ1) is 19.7. The van der Waals surface area contributed by atoms with Crippen molar-refractivity contribution < 1.29 is 18.0 Å². The highest BCUT2D eigenvalue weighted by atomic mass is 19.4. The second kappa shape index (κ2) is 7.35. The number of fused-ring (bicyclic) bond motifs is 1. The summed E-state index contributed by atoms with van der Waals surface area (Å²) < 4.78 is 42.8. The van der Waals surface area contributed by atoms with E-state index in [4.69, 9.17) is 0 Å². The lowest BCUT2D eigenvalue weighted by molar-refractivity contribution is -0.183. The SMILES string of the molecule is Cc1ccc(Cn2nc3n(c2=O)[C@@H](C(=O)N2CCCC2)C[C@@H](C(F)(F)F)C3)cc1. The van der Waals surface area contributed by atoms with Gasteiger partial charge in [0.05, 0.1) is 12.5 Å². The normalized spacial score (nSPS) is 22.0. The summed E-state index contributed by atoms with van der Waals surface area (Å²) in [7, 11) is 0. The number of aryl methyl sites for hydroxylation is 1. The zero-order valence-corrected chi connectivity index (χ0v) is 16.2. The van der Waals surface area contributed by atoms with E-state index in [2.05, 4.69) is 5.10 Å². The Kier molecular flexibility index (Phi) is 5.00. The number of likely N-dealkylation sites (tertiary alicyclic amines) is 1. The number of carbonyl (C=O) groups is 1. The molecule has 2 aromatic rings. The Bertz CT molecular complexity index is 956. The van der Waals surface area contributed by atoms with Crippen LogP contribution in [-0.2, 0) is 17.8 Å². The Balaban J connectivity index is 1.70. The molecule has 29 heavy (non-hydrogen) atoms. The summed E-state index contributed by atoms with van der Waals surface area (Å²) in [6, 6.07) is 6.35. The van der Waals surface area contributed by atoms with Crippen molar-refractivity contribution in [2.45, 2.75) is 51.4 Å². The largest absolute Gasteiger partial charge is 0.392 e. The Morgan fingerprint density at radius 2 is 1.83 bits per heavy atom. The number of benzene rings is 1. The van der Waals surface area contributed by atoms with E-state index in [1.807, 2.05) is 31.2 Å². The van der Waals surface area contributed by atoms with Crippen molar-refractivity contribution >= 4 is 5.91 Å². The van der Waals surface area contributed by atoms with Gasteiger partial charge in [-0.25, -0.2) is 9.48 Å². The third kappa shape index (κ3) is 3.82. The average molecular weight is 408 g/mol. The first-order valence-electron chi connectivity index (χ1n) is 9.83. The lowest BCUT2D eigenvalue weighted by Crippen LogP contribution is -2.45. The molecule has 6 nitrogen and oxygen atoms in total. The molecular weight excluding hydrogens is 385 g/mol. The topological polar surface area (TPSA) is 60.1 Å². The van der Waals surface area contributed by atoms with Crippen LogP contribution in [0.5, 0.6) is 0 Å². The van der Waals surface area contributed by atoms with E-state index in [1.54, 1.807) is 4.90 Å². The fraction of sp³-hybridized carbons (Fsp3) is 0.550. The van der Waals surface area contributed by atoms with Crippen LogP contribution in [0.15, 0.2) is 29.1 Å². The minimum Gasteiger partial charge on any atom is -0.341 e. The average Bonchev–Trinajstić information content (AvgIpc) is 3.31. The van der Waals surface area contributed by atoms with Crippen LogP contribution in [-0.4, -0.2) is 44.4 Å². The summed E-state index contributed by atoms with van der Waals surface area (Å²) in [5.41, 5.74) is 1.36. The van der Waals surface area contributed by atoms with Gasteiger partial charge in [0.2, 0.25) is 5.91 Å². The number of carbonyl (C=O) groups excluding carboxylic acids is 1. The van der Waals surface area contributed by atoms with Crippen molar-refractivity contribution in [1.29, 1.82) is 0 Å². The molecule has 1 fully saturated rings. The molecule has 1 amide bonds. The third-order valence-corrected chi connectivity index (χ3v) is 5.81. The van der Waals surface area contributed by atoms with Gasteiger partial charge in [0.1, 0.15) is 11.9 Å². The van der Waals surface area contributed by atoms with Gasteiger partial charge in [-0.15, -0.1) is 0 Å². The highest BCUT2D eigenvalue weighted by molar-refractivity contribution is 5.81. The standard InChI is InChI=1S/C20H23F3N4O2/c1-13-4-6-14(7-5-13)12-26-19(29)27-16(18(28)25-8-2-3-9-25)10-15(20(21,22)23)11-17(27)24-26/h4-7,15-16H,2-3,8-12H2,1H3/t15-,16-/m1/s1. The molecule has 3 heterocycles. The first-order chi connectivity index (χ1) is 13.7.